The molecule has 0 spiro atoms. The van der Waals surface area contributed by atoms with Gasteiger partial charge in [-0.05, 0) is 56.2 Å². The minimum atomic E-state index is -1.04. The summed E-state index contributed by atoms with van der Waals surface area (Å²) < 4.78 is 7.85. The highest BCUT2D eigenvalue weighted by Gasteiger charge is 2.15. The van der Waals surface area contributed by atoms with Crippen molar-refractivity contribution in [3.63, 3.8) is 0 Å². The number of nitrogens with zero attached hydrogens (tertiary/aromatic N) is 3. The molecule has 3 aromatic rings. The molecular formula is C22H24N4O4S. The zero-order chi connectivity index (χ0) is 22.4. The number of amides is 1. The number of carboxylic acid groups (broad SMARTS) is 1. The molecule has 2 aromatic carbocycles. The second-order valence-electron chi connectivity index (χ2n) is 6.92. The maximum Gasteiger partial charge on any atom is 0.335 e. The van der Waals surface area contributed by atoms with E-state index in [9.17, 15) is 9.59 Å². The molecule has 1 amide bonds. The van der Waals surface area contributed by atoms with Crippen LogP contribution in [0.5, 0.6) is 5.75 Å². The van der Waals surface area contributed by atoms with Gasteiger partial charge >= 0.3 is 5.97 Å². The van der Waals surface area contributed by atoms with Crippen LogP contribution in [0.4, 0.5) is 5.69 Å². The Labute approximate surface area is 184 Å². The molecule has 0 atom stereocenters. The first-order chi connectivity index (χ1) is 14.9. The maximum absolute atomic E-state index is 12.3. The standard InChI is InChI=1S/C22H24N4O4S/c1-4-26-19(12-30-18-10-14(2)8-9-15(18)3)24-25-22(26)31-13-20(27)23-17-7-5-6-16(11-17)21(28)29/h5-11H,4,12-13H2,1-3H3,(H,23,27)(H,28,29). The fourth-order valence-electron chi connectivity index (χ4n) is 2.91. The summed E-state index contributed by atoms with van der Waals surface area (Å²) in [5.41, 5.74) is 2.72. The number of carbonyl (C=O) groups is 2. The molecule has 0 aliphatic carbocycles. The van der Waals surface area contributed by atoms with Gasteiger partial charge in [0.25, 0.3) is 0 Å². The number of hydrogen-bond donors (Lipinski definition) is 2. The number of nitrogens with one attached hydrogen (secondary N) is 1. The molecule has 0 saturated carbocycles. The number of thioether (sulfide) groups is 1. The molecule has 0 radical (unpaired) electrons. The Morgan fingerprint density at radius 3 is 2.71 bits per heavy atom. The van der Waals surface area contributed by atoms with Gasteiger partial charge in [-0.1, -0.05) is 30.0 Å². The molecule has 0 saturated heterocycles. The molecule has 8 nitrogen and oxygen atoms in total. The van der Waals surface area contributed by atoms with Crippen molar-refractivity contribution in [2.24, 2.45) is 0 Å². The van der Waals surface area contributed by atoms with E-state index < -0.39 is 5.97 Å². The number of carbonyl (C=O) groups excluding carboxylic acids is 1. The van der Waals surface area contributed by atoms with Gasteiger partial charge < -0.3 is 19.7 Å². The lowest BCUT2D eigenvalue weighted by molar-refractivity contribution is -0.113. The Hall–Kier alpha value is -3.33. The highest BCUT2D eigenvalue weighted by atomic mass is 32.2. The first-order valence-electron chi connectivity index (χ1n) is 9.75. The number of aromatic carboxylic acids is 1. The van der Waals surface area contributed by atoms with Gasteiger partial charge in [0.1, 0.15) is 12.4 Å². The van der Waals surface area contributed by atoms with Gasteiger partial charge in [0, 0.05) is 12.2 Å². The van der Waals surface area contributed by atoms with Crippen LogP contribution < -0.4 is 10.1 Å². The third-order valence-corrected chi connectivity index (χ3v) is 5.50. The number of carboxylic acids is 1. The van der Waals surface area contributed by atoms with Crippen LogP contribution in [-0.4, -0.2) is 37.5 Å². The molecule has 3 rings (SSSR count). The highest BCUT2D eigenvalue weighted by molar-refractivity contribution is 7.99. The van der Waals surface area contributed by atoms with Gasteiger partial charge in [-0.2, -0.15) is 0 Å². The Morgan fingerprint density at radius 2 is 1.97 bits per heavy atom. The molecule has 2 N–H and O–H groups in total. The minimum Gasteiger partial charge on any atom is -0.485 e. The molecular weight excluding hydrogens is 416 g/mol. The summed E-state index contributed by atoms with van der Waals surface area (Å²) in [5, 5.41) is 20.8. The SMILES string of the molecule is CCn1c(COc2cc(C)ccc2C)nnc1SCC(=O)Nc1cccc(C(=O)O)c1. The number of ether oxygens (including phenoxy) is 1. The fourth-order valence-corrected chi connectivity index (χ4v) is 3.73. The number of aryl methyl sites for hydroxylation is 2. The monoisotopic (exact) mass is 440 g/mol. The van der Waals surface area contributed by atoms with Crippen molar-refractivity contribution in [3.8, 4) is 5.75 Å². The summed E-state index contributed by atoms with van der Waals surface area (Å²) in [6, 6.07) is 12.2. The molecule has 0 aliphatic heterocycles. The number of benzene rings is 2. The van der Waals surface area contributed by atoms with Crippen LogP contribution in [-0.2, 0) is 17.9 Å². The molecule has 31 heavy (non-hydrogen) atoms. The van der Waals surface area contributed by atoms with Gasteiger partial charge in [-0.15, -0.1) is 10.2 Å². The van der Waals surface area contributed by atoms with Crippen LogP contribution in [0.1, 0.15) is 34.2 Å². The van der Waals surface area contributed by atoms with Crippen LogP contribution in [0, 0.1) is 13.8 Å². The second kappa shape index (κ2) is 10.1. The fraction of sp³-hybridized carbons (Fsp3) is 0.273. The first kappa shape index (κ1) is 22.4. The smallest absolute Gasteiger partial charge is 0.335 e. The van der Waals surface area contributed by atoms with Crippen LogP contribution in [0.2, 0.25) is 0 Å². The molecule has 1 heterocycles. The van der Waals surface area contributed by atoms with Gasteiger partial charge in [0.2, 0.25) is 5.91 Å². The first-order valence-corrected chi connectivity index (χ1v) is 10.7. The van der Waals surface area contributed by atoms with Crippen molar-refractivity contribution in [3.05, 3.63) is 65.0 Å². The third-order valence-electron chi connectivity index (χ3n) is 4.54. The van der Waals surface area contributed by atoms with Crippen molar-refractivity contribution in [1.82, 2.24) is 14.8 Å². The zero-order valence-electron chi connectivity index (χ0n) is 17.6. The number of rotatable bonds is 9. The van der Waals surface area contributed by atoms with Crippen molar-refractivity contribution in [1.29, 1.82) is 0 Å². The van der Waals surface area contributed by atoms with Crippen molar-refractivity contribution in [2.45, 2.75) is 39.1 Å². The third kappa shape index (κ3) is 5.85. The predicted octanol–water partition coefficient (Wildman–Crippen LogP) is 3.92. The van der Waals surface area contributed by atoms with Crippen molar-refractivity contribution >= 4 is 29.3 Å². The van der Waals surface area contributed by atoms with Crippen LogP contribution in [0.25, 0.3) is 0 Å². The predicted molar refractivity (Wildman–Crippen MR) is 119 cm³/mol. The molecule has 1 aromatic heterocycles. The topological polar surface area (TPSA) is 106 Å². The second-order valence-corrected chi connectivity index (χ2v) is 7.87. The molecule has 162 valence electrons. The molecule has 9 heteroatoms. The van der Waals surface area contributed by atoms with Crippen LogP contribution in [0.3, 0.4) is 0 Å². The van der Waals surface area contributed by atoms with Crippen molar-refractivity contribution < 1.29 is 19.4 Å². The summed E-state index contributed by atoms with van der Waals surface area (Å²) in [6.07, 6.45) is 0. The van der Waals surface area contributed by atoms with E-state index in [1.807, 2.05) is 43.5 Å². The van der Waals surface area contributed by atoms with E-state index in [-0.39, 0.29) is 23.8 Å². The normalized spacial score (nSPS) is 10.7. The average molecular weight is 441 g/mol. The van der Waals surface area contributed by atoms with Crippen molar-refractivity contribution in [2.75, 3.05) is 11.1 Å². The van der Waals surface area contributed by atoms with E-state index in [2.05, 4.69) is 15.5 Å². The molecule has 0 unspecified atom stereocenters. The Morgan fingerprint density at radius 1 is 1.16 bits per heavy atom. The summed E-state index contributed by atoms with van der Waals surface area (Å²) >= 11 is 1.26. The Balaban J connectivity index is 1.60. The van der Waals surface area contributed by atoms with E-state index in [1.54, 1.807) is 12.1 Å². The maximum atomic E-state index is 12.3. The van der Waals surface area contributed by atoms with E-state index in [1.165, 1.54) is 23.9 Å². The number of anilines is 1. The number of hydrogen-bond acceptors (Lipinski definition) is 6. The lowest BCUT2D eigenvalue weighted by Gasteiger charge is -2.11. The van der Waals surface area contributed by atoms with E-state index in [0.29, 0.717) is 23.2 Å². The summed E-state index contributed by atoms with van der Waals surface area (Å²) in [5.74, 6) is 0.305. The molecule has 0 fully saturated rings. The van der Waals surface area contributed by atoms with E-state index >= 15 is 0 Å². The zero-order valence-corrected chi connectivity index (χ0v) is 18.4. The van der Waals surface area contributed by atoms with Crippen LogP contribution in [0.15, 0.2) is 47.6 Å². The number of aromatic nitrogens is 3. The molecule has 0 bridgehead atoms. The Kier molecular flexibility index (Phi) is 7.30. The largest absolute Gasteiger partial charge is 0.485 e. The summed E-state index contributed by atoms with van der Waals surface area (Å²) in [6.45, 7) is 6.90. The summed E-state index contributed by atoms with van der Waals surface area (Å²) in [7, 11) is 0. The van der Waals surface area contributed by atoms with Gasteiger partial charge in [-0.25, -0.2) is 4.79 Å². The van der Waals surface area contributed by atoms with Crippen LogP contribution >= 0.6 is 11.8 Å². The Bertz CT molecular complexity index is 1100. The summed E-state index contributed by atoms with van der Waals surface area (Å²) in [4.78, 5) is 23.3. The van der Waals surface area contributed by atoms with Gasteiger partial charge in [0.15, 0.2) is 11.0 Å². The highest BCUT2D eigenvalue weighted by Crippen LogP contribution is 2.22. The lowest BCUT2D eigenvalue weighted by atomic mass is 10.1. The molecule has 0 aliphatic rings. The van der Waals surface area contributed by atoms with E-state index in [0.717, 1.165) is 16.9 Å². The lowest BCUT2D eigenvalue weighted by Crippen LogP contribution is -2.15. The average Bonchev–Trinajstić information content (AvgIpc) is 3.14. The van der Waals surface area contributed by atoms with Gasteiger partial charge in [-0.3, -0.25) is 4.79 Å². The van der Waals surface area contributed by atoms with Gasteiger partial charge in [0.05, 0.1) is 11.3 Å². The minimum absolute atomic E-state index is 0.115. The van der Waals surface area contributed by atoms with E-state index in [4.69, 9.17) is 9.84 Å². The quantitative estimate of drug-likeness (QED) is 0.486.